The highest BCUT2D eigenvalue weighted by Gasteiger charge is 2.28. The number of nitrogens with zero attached hydrogens (tertiary/aromatic N) is 5. The lowest BCUT2D eigenvalue weighted by Gasteiger charge is -2.14. The Hall–Kier alpha value is -2.16. The van der Waals surface area contributed by atoms with Crippen molar-refractivity contribution in [2.75, 3.05) is 5.73 Å². The minimum Gasteiger partial charge on any atom is -0.383 e. The van der Waals surface area contributed by atoms with Gasteiger partial charge in [-0.05, 0) is 35.0 Å². The van der Waals surface area contributed by atoms with Crippen molar-refractivity contribution < 1.29 is 8.78 Å². The van der Waals surface area contributed by atoms with Crippen LogP contribution >= 0.6 is 15.9 Å². The molecular weight excluding hydrogens is 370 g/mol. The van der Waals surface area contributed by atoms with E-state index in [1.807, 2.05) is 6.92 Å². The first-order valence-electron chi connectivity index (χ1n) is 6.76. The van der Waals surface area contributed by atoms with Gasteiger partial charge in [0.2, 0.25) is 0 Å². The number of halogens is 3. The summed E-state index contributed by atoms with van der Waals surface area (Å²) in [7, 11) is 0. The second-order valence-corrected chi connectivity index (χ2v) is 5.99. The van der Waals surface area contributed by atoms with Gasteiger partial charge in [0, 0.05) is 30.3 Å². The van der Waals surface area contributed by atoms with E-state index in [9.17, 15) is 8.78 Å². The molecule has 2 N–H and O–H groups in total. The van der Waals surface area contributed by atoms with Crippen LogP contribution in [0.15, 0.2) is 23.1 Å². The number of aromatic nitrogens is 5. The molecular formula is C14H13BrF2N6. The largest absolute Gasteiger partial charge is 0.383 e. The normalized spacial score (nSPS) is 12.0. The lowest BCUT2D eigenvalue weighted by atomic mass is 10.1. The van der Waals surface area contributed by atoms with Gasteiger partial charge in [-0.25, -0.2) is 18.7 Å². The van der Waals surface area contributed by atoms with Crippen molar-refractivity contribution in [3.8, 4) is 0 Å². The van der Waals surface area contributed by atoms with Crippen LogP contribution in [0.25, 0.3) is 5.78 Å². The molecule has 0 spiro atoms. The summed E-state index contributed by atoms with van der Waals surface area (Å²) >= 11 is 3.10. The number of fused-ring (bicyclic) bond motifs is 1. The van der Waals surface area contributed by atoms with Crippen LogP contribution in [-0.4, -0.2) is 24.6 Å². The summed E-state index contributed by atoms with van der Waals surface area (Å²) in [6.07, 6.45) is 1.73. The summed E-state index contributed by atoms with van der Waals surface area (Å²) < 4.78 is 28.4. The van der Waals surface area contributed by atoms with Gasteiger partial charge in [0.25, 0.3) is 11.7 Å². The number of aryl methyl sites for hydroxylation is 1. The van der Waals surface area contributed by atoms with E-state index in [1.165, 1.54) is 16.9 Å². The van der Waals surface area contributed by atoms with Crippen LogP contribution in [0.3, 0.4) is 0 Å². The van der Waals surface area contributed by atoms with Gasteiger partial charge in [-0.3, -0.25) is 0 Å². The maximum Gasteiger partial charge on any atom is 0.273 e. The van der Waals surface area contributed by atoms with E-state index in [-0.39, 0.29) is 10.2 Å². The molecule has 3 aromatic heterocycles. The first kappa shape index (κ1) is 15.7. The highest BCUT2D eigenvalue weighted by atomic mass is 79.9. The summed E-state index contributed by atoms with van der Waals surface area (Å²) in [5, 5.41) is 4.01. The molecule has 0 fully saturated rings. The number of hydrogen-bond donors (Lipinski definition) is 1. The Morgan fingerprint density at radius 3 is 2.70 bits per heavy atom. The summed E-state index contributed by atoms with van der Waals surface area (Å²) in [6, 6.07) is 2.92. The first-order chi connectivity index (χ1) is 10.8. The third-order valence-electron chi connectivity index (χ3n) is 3.51. The fourth-order valence-electron chi connectivity index (χ4n) is 2.31. The Morgan fingerprint density at radius 2 is 2.04 bits per heavy atom. The highest BCUT2D eigenvalue weighted by molar-refractivity contribution is 9.10. The van der Waals surface area contributed by atoms with Gasteiger partial charge in [0.1, 0.15) is 16.7 Å². The molecule has 3 rings (SSSR count). The zero-order valence-corrected chi connectivity index (χ0v) is 14.0. The summed E-state index contributed by atoms with van der Waals surface area (Å²) in [5.74, 6) is -2.13. The van der Waals surface area contributed by atoms with Crippen molar-refractivity contribution in [2.45, 2.75) is 26.2 Å². The number of alkyl halides is 2. The lowest BCUT2D eigenvalue weighted by molar-refractivity contribution is 0.0162. The van der Waals surface area contributed by atoms with Gasteiger partial charge < -0.3 is 5.73 Å². The maximum atomic E-state index is 13.4. The molecule has 0 saturated carbocycles. The predicted molar refractivity (Wildman–Crippen MR) is 84.2 cm³/mol. The molecule has 3 heterocycles. The lowest BCUT2D eigenvalue weighted by Crippen LogP contribution is -2.11. The van der Waals surface area contributed by atoms with Crippen LogP contribution in [0.5, 0.6) is 0 Å². The van der Waals surface area contributed by atoms with Crippen molar-refractivity contribution in [2.24, 2.45) is 0 Å². The highest BCUT2D eigenvalue weighted by Crippen LogP contribution is 2.32. The van der Waals surface area contributed by atoms with E-state index >= 15 is 0 Å². The van der Waals surface area contributed by atoms with Gasteiger partial charge in [-0.15, -0.1) is 0 Å². The van der Waals surface area contributed by atoms with Crippen LogP contribution in [0, 0.1) is 6.92 Å². The molecule has 0 radical (unpaired) electrons. The van der Waals surface area contributed by atoms with Crippen molar-refractivity contribution in [3.63, 3.8) is 0 Å². The number of hydrogen-bond acceptors (Lipinski definition) is 5. The average Bonchev–Trinajstić information content (AvgIpc) is 2.90. The quantitative estimate of drug-likeness (QED) is 0.704. The number of rotatable bonds is 3. The molecule has 0 aliphatic heterocycles. The Morgan fingerprint density at radius 1 is 1.30 bits per heavy atom. The van der Waals surface area contributed by atoms with Crippen LogP contribution in [0.1, 0.15) is 29.4 Å². The average molecular weight is 383 g/mol. The topological polar surface area (TPSA) is 82.0 Å². The van der Waals surface area contributed by atoms with E-state index in [0.29, 0.717) is 29.4 Å². The third kappa shape index (κ3) is 2.88. The van der Waals surface area contributed by atoms with E-state index in [2.05, 4.69) is 36.0 Å². The fourth-order valence-corrected chi connectivity index (χ4v) is 3.02. The van der Waals surface area contributed by atoms with Gasteiger partial charge in [-0.1, -0.05) is 0 Å². The zero-order chi connectivity index (χ0) is 16.8. The van der Waals surface area contributed by atoms with E-state index in [0.717, 1.165) is 12.5 Å². The molecule has 6 nitrogen and oxygen atoms in total. The van der Waals surface area contributed by atoms with Crippen LogP contribution < -0.4 is 5.73 Å². The molecule has 9 heteroatoms. The second-order valence-electron chi connectivity index (χ2n) is 5.24. The minimum atomic E-state index is -2.96. The van der Waals surface area contributed by atoms with Crippen molar-refractivity contribution in [1.82, 2.24) is 24.6 Å². The van der Waals surface area contributed by atoms with Gasteiger partial charge in [-0.2, -0.15) is 14.6 Å². The molecule has 3 aromatic rings. The van der Waals surface area contributed by atoms with Gasteiger partial charge >= 0.3 is 0 Å². The molecule has 0 amide bonds. The Labute approximate surface area is 138 Å². The predicted octanol–water partition coefficient (Wildman–Crippen LogP) is 2.87. The molecule has 0 atom stereocenters. The Bertz CT molecular complexity index is 887. The smallest absolute Gasteiger partial charge is 0.273 e. The number of pyridine rings is 1. The van der Waals surface area contributed by atoms with Gasteiger partial charge in [0.15, 0.2) is 0 Å². The van der Waals surface area contributed by atoms with Gasteiger partial charge in [0.05, 0.1) is 5.56 Å². The van der Waals surface area contributed by atoms with Crippen molar-refractivity contribution in [3.05, 3.63) is 45.6 Å². The zero-order valence-electron chi connectivity index (χ0n) is 12.4. The van der Waals surface area contributed by atoms with Crippen molar-refractivity contribution >= 4 is 27.5 Å². The number of nitrogen functional groups attached to an aromatic ring is 1. The summed E-state index contributed by atoms with van der Waals surface area (Å²) in [4.78, 5) is 12.5. The van der Waals surface area contributed by atoms with Crippen LogP contribution in [-0.2, 0) is 12.3 Å². The van der Waals surface area contributed by atoms with E-state index in [4.69, 9.17) is 5.73 Å². The van der Waals surface area contributed by atoms with Crippen LogP contribution in [0.2, 0.25) is 0 Å². The summed E-state index contributed by atoms with van der Waals surface area (Å²) in [6.45, 7) is 2.64. The molecule has 23 heavy (non-hydrogen) atoms. The SMILES string of the molecule is Cc1nc2ncnn2c(N)c1Cc1ccc(C(C)(F)F)c(Br)n1. The molecule has 0 bridgehead atoms. The molecule has 0 saturated heterocycles. The molecule has 120 valence electrons. The van der Waals surface area contributed by atoms with E-state index < -0.39 is 5.92 Å². The minimum absolute atomic E-state index is 0.119. The molecule has 0 aliphatic carbocycles. The summed E-state index contributed by atoms with van der Waals surface area (Å²) in [5.41, 5.74) is 7.99. The second kappa shape index (κ2) is 5.48. The number of anilines is 1. The number of nitrogens with two attached hydrogens (primary N) is 1. The third-order valence-corrected chi connectivity index (χ3v) is 4.11. The Balaban J connectivity index is 2.01. The van der Waals surface area contributed by atoms with Crippen LogP contribution in [0.4, 0.5) is 14.6 Å². The molecule has 0 aromatic carbocycles. The standard InChI is InChI=1S/C14H13BrF2N6/c1-7-9(12(18)23-13(21-7)19-6-20-23)5-8-3-4-10(11(15)22-8)14(2,16)17/h3-4,6H,5,18H2,1-2H3. The Kier molecular flexibility index (Phi) is 3.75. The fraction of sp³-hybridized carbons (Fsp3) is 0.286. The van der Waals surface area contributed by atoms with E-state index in [1.54, 1.807) is 6.07 Å². The monoisotopic (exact) mass is 382 g/mol. The first-order valence-corrected chi connectivity index (χ1v) is 7.55. The van der Waals surface area contributed by atoms with Crippen molar-refractivity contribution in [1.29, 1.82) is 0 Å². The molecule has 0 aliphatic rings. The molecule has 0 unspecified atom stereocenters. The maximum absolute atomic E-state index is 13.4.